The molecule has 19 heavy (non-hydrogen) atoms. The van der Waals surface area contributed by atoms with Gasteiger partial charge in [-0.1, -0.05) is 30.3 Å². The van der Waals surface area contributed by atoms with Crippen LogP contribution >= 0.6 is 0 Å². The Labute approximate surface area is 114 Å². The highest BCUT2D eigenvalue weighted by Gasteiger charge is 2.19. The summed E-state index contributed by atoms with van der Waals surface area (Å²) < 4.78 is 0. The molecule has 2 rings (SSSR count). The summed E-state index contributed by atoms with van der Waals surface area (Å²) in [6.45, 7) is 5.62. The number of carbonyl (C=O) groups excluding carboxylic acids is 1. The van der Waals surface area contributed by atoms with Gasteiger partial charge in [0.25, 0.3) is 0 Å². The molecule has 0 bridgehead atoms. The van der Waals surface area contributed by atoms with E-state index in [0.29, 0.717) is 6.54 Å². The average molecular weight is 262 g/mol. The highest BCUT2D eigenvalue weighted by Crippen LogP contribution is 2.15. The molecule has 104 valence electrons. The zero-order chi connectivity index (χ0) is 13.7. The monoisotopic (exact) mass is 262 g/mol. The van der Waals surface area contributed by atoms with E-state index in [4.69, 9.17) is 0 Å². The molecule has 1 saturated heterocycles. The van der Waals surface area contributed by atoms with Crippen LogP contribution in [0.4, 0.5) is 0 Å². The van der Waals surface area contributed by atoms with Gasteiger partial charge < -0.3 is 10.0 Å². The van der Waals surface area contributed by atoms with Crippen LogP contribution in [0.25, 0.3) is 0 Å². The van der Waals surface area contributed by atoms with Crippen LogP contribution in [0.2, 0.25) is 0 Å². The first-order valence-corrected chi connectivity index (χ1v) is 6.87. The Balaban J connectivity index is 1.88. The normalized spacial score (nSPS) is 18.9. The van der Waals surface area contributed by atoms with Crippen molar-refractivity contribution in [2.75, 3.05) is 32.7 Å². The number of amides is 1. The van der Waals surface area contributed by atoms with Crippen molar-refractivity contribution < 1.29 is 9.90 Å². The fourth-order valence-electron chi connectivity index (χ4n) is 2.49. The number of β-amino-alcohol motifs (C(OH)–C–C–N with tert-alkyl or cyclic N) is 1. The number of nitrogens with zero attached hydrogens (tertiary/aromatic N) is 2. The topological polar surface area (TPSA) is 43.8 Å². The summed E-state index contributed by atoms with van der Waals surface area (Å²) in [5, 5.41) is 10.2. The van der Waals surface area contributed by atoms with Crippen molar-refractivity contribution in [3.05, 3.63) is 35.9 Å². The van der Waals surface area contributed by atoms with Gasteiger partial charge in [-0.25, -0.2) is 0 Å². The number of hydrogen-bond donors (Lipinski definition) is 1. The summed E-state index contributed by atoms with van der Waals surface area (Å²) in [5.41, 5.74) is 0.954. The van der Waals surface area contributed by atoms with Crippen molar-refractivity contribution in [1.29, 1.82) is 0 Å². The molecule has 4 heteroatoms. The minimum Gasteiger partial charge on any atom is -0.387 e. The van der Waals surface area contributed by atoms with Crippen LogP contribution in [-0.4, -0.2) is 53.5 Å². The van der Waals surface area contributed by atoms with Gasteiger partial charge in [0, 0.05) is 39.6 Å². The SMILES string of the molecule is CC(=O)N1CCCN(CC(O)c2ccccc2)CC1. The predicted octanol–water partition coefficient (Wildman–Crippen LogP) is 1.27. The summed E-state index contributed by atoms with van der Waals surface area (Å²) in [4.78, 5) is 15.5. The number of benzene rings is 1. The fraction of sp³-hybridized carbons (Fsp3) is 0.533. The van der Waals surface area contributed by atoms with E-state index in [2.05, 4.69) is 4.90 Å². The highest BCUT2D eigenvalue weighted by atomic mass is 16.3. The molecular weight excluding hydrogens is 240 g/mol. The summed E-state index contributed by atoms with van der Waals surface area (Å²) in [7, 11) is 0. The van der Waals surface area contributed by atoms with Gasteiger partial charge in [-0.15, -0.1) is 0 Å². The third-order valence-corrected chi connectivity index (χ3v) is 3.65. The molecule has 4 nitrogen and oxygen atoms in total. The number of aliphatic hydroxyl groups is 1. The van der Waals surface area contributed by atoms with Crippen LogP contribution in [0.5, 0.6) is 0 Å². The number of carbonyl (C=O) groups is 1. The summed E-state index contributed by atoms with van der Waals surface area (Å²) in [6, 6.07) is 9.73. The second kappa shape index (κ2) is 6.68. The number of aliphatic hydroxyl groups excluding tert-OH is 1. The summed E-state index contributed by atoms with van der Waals surface area (Å²) >= 11 is 0. The Kier molecular flexibility index (Phi) is 4.93. The van der Waals surface area contributed by atoms with E-state index >= 15 is 0 Å². The molecule has 1 atom stereocenters. The molecule has 1 unspecified atom stereocenters. The molecule has 0 aromatic heterocycles. The Morgan fingerprint density at radius 3 is 2.63 bits per heavy atom. The molecule has 1 N–H and O–H groups in total. The van der Waals surface area contributed by atoms with Crippen molar-refractivity contribution in [2.24, 2.45) is 0 Å². The smallest absolute Gasteiger partial charge is 0.219 e. The van der Waals surface area contributed by atoms with Gasteiger partial charge in [-0.05, 0) is 12.0 Å². The molecule has 1 heterocycles. The molecule has 1 aromatic carbocycles. The molecule has 1 aromatic rings. The zero-order valence-corrected chi connectivity index (χ0v) is 11.5. The van der Waals surface area contributed by atoms with Gasteiger partial charge >= 0.3 is 0 Å². The van der Waals surface area contributed by atoms with Crippen LogP contribution in [0.3, 0.4) is 0 Å². The minimum absolute atomic E-state index is 0.144. The number of hydrogen-bond acceptors (Lipinski definition) is 3. The zero-order valence-electron chi connectivity index (χ0n) is 11.5. The van der Waals surface area contributed by atoms with Crippen LogP contribution in [0, 0.1) is 0 Å². The van der Waals surface area contributed by atoms with Crippen LogP contribution < -0.4 is 0 Å². The Morgan fingerprint density at radius 1 is 1.21 bits per heavy atom. The maximum absolute atomic E-state index is 11.4. The van der Waals surface area contributed by atoms with E-state index in [1.165, 1.54) is 0 Å². The van der Waals surface area contributed by atoms with E-state index < -0.39 is 6.10 Å². The Bertz CT molecular complexity index is 408. The van der Waals surface area contributed by atoms with Gasteiger partial charge in [0.1, 0.15) is 0 Å². The third kappa shape index (κ3) is 4.04. The lowest BCUT2D eigenvalue weighted by Crippen LogP contribution is -2.35. The van der Waals surface area contributed by atoms with Gasteiger partial charge in [0.2, 0.25) is 5.91 Å². The second-order valence-electron chi connectivity index (χ2n) is 5.09. The molecule has 0 radical (unpaired) electrons. The van der Waals surface area contributed by atoms with Crippen molar-refractivity contribution >= 4 is 5.91 Å². The van der Waals surface area contributed by atoms with Gasteiger partial charge in [0.15, 0.2) is 0 Å². The van der Waals surface area contributed by atoms with E-state index in [0.717, 1.165) is 38.2 Å². The maximum atomic E-state index is 11.4. The molecule has 1 amide bonds. The Hall–Kier alpha value is -1.39. The van der Waals surface area contributed by atoms with E-state index in [-0.39, 0.29) is 5.91 Å². The molecule has 1 aliphatic heterocycles. The van der Waals surface area contributed by atoms with Crippen molar-refractivity contribution in [3.63, 3.8) is 0 Å². The van der Waals surface area contributed by atoms with Gasteiger partial charge in [-0.3, -0.25) is 9.69 Å². The van der Waals surface area contributed by atoms with Crippen molar-refractivity contribution in [3.8, 4) is 0 Å². The fourth-order valence-corrected chi connectivity index (χ4v) is 2.49. The standard InChI is InChI=1S/C15H22N2O2/c1-13(18)17-9-5-8-16(10-11-17)12-15(19)14-6-3-2-4-7-14/h2-4,6-7,15,19H,5,8-12H2,1H3. The molecule has 0 aliphatic carbocycles. The average Bonchev–Trinajstić information content (AvgIpc) is 2.65. The van der Waals surface area contributed by atoms with Gasteiger partial charge in [-0.2, -0.15) is 0 Å². The first-order chi connectivity index (χ1) is 9.16. The predicted molar refractivity (Wildman–Crippen MR) is 74.7 cm³/mol. The van der Waals surface area contributed by atoms with Crippen molar-refractivity contribution in [1.82, 2.24) is 9.80 Å². The third-order valence-electron chi connectivity index (χ3n) is 3.65. The molecule has 0 spiro atoms. The lowest BCUT2D eigenvalue weighted by atomic mass is 10.1. The maximum Gasteiger partial charge on any atom is 0.219 e. The lowest BCUT2D eigenvalue weighted by Gasteiger charge is -2.23. The molecule has 1 aliphatic rings. The van der Waals surface area contributed by atoms with Crippen molar-refractivity contribution in [2.45, 2.75) is 19.4 Å². The minimum atomic E-state index is -0.454. The van der Waals surface area contributed by atoms with E-state index in [1.807, 2.05) is 35.2 Å². The quantitative estimate of drug-likeness (QED) is 0.892. The second-order valence-corrected chi connectivity index (χ2v) is 5.09. The lowest BCUT2D eigenvalue weighted by molar-refractivity contribution is -0.128. The molecular formula is C15H22N2O2. The molecule has 0 saturated carbocycles. The van der Waals surface area contributed by atoms with Gasteiger partial charge in [0.05, 0.1) is 6.10 Å². The summed E-state index contributed by atoms with van der Waals surface area (Å²) in [5.74, 6) is 0.144. The largest absolute Gasteiger partial charge is 0.387 e. The van der Waals surface area contributed by atoms with Crippen LogP contribution in [0.15, 0.2) is 30.3 Å². The van der Waals surface area contributed by atoms with E-state index in [1.54, 1.807) is 6.92 Å². The van der Waals surface area contributed by atoms with Crippen LogP contribution in [-0.2, 0) is 4.79 Å². The number of rotatable bonds is 3. The van der Waals surface area contributed by atoms with E-state index in [9.17, 15) is 9.90 Å². The van der Waals surface area contributed by atoms with Crippen LogP contribution in [0.1, 0.15) is 25.0 Å². The Morgan fingerprint density at radius 2 is 1.95 bits per heavy atom. The highest BCUT2D eigenvalue weighted by molar-refractivity contribution is 5.73. The first kappa shape index (κ1) is 14.0. The first-order valence-electron chi connectivity index (χ1n) is 6.87. The molecule has 1 fully saturated rings. The summed E-state index contributed by atoms with van der Waals surface area (Å²) in [6.07, 6.45) is 0.520.